The summed E-state index contributed by atoms with van der Waals surface area (Å²) in [5.41, 5.74) is 0.970. The third-order valence-electron chi connectivity index (χ3n) is 3.04. The van der Waals surface area contributed by atoms with Crippen molar-refractivity contribution in [1.29, 1.82) is 0 Å². The predicted molar refractivity (Wildman–Crippen MR) is 78.8 cm³/mol. The van der Waals surface area contributed by atoms with E-state index in [0.717, 1.165) is 0 Å². The van der Waals surface area contributed by atoms with Gasteiger partial charge in [-0.2, -0.15) is 5.10 Å². The van der Waals surface area contributed by atoms with Gasteiger partial charge >= 0.3 is 6.36 Å². The largest absolute Gasteiger partial charge is 0.573 e. The van der Waals surface area contributed by atoms with Gasteiger partial charge in [-0.3, -0.25) is 4.68 Å². The first kappa shape index (κ1) is 16.0. The van der Waals surface area contributed by atoms with Crippen molar-refractivity contribution in [3.63, 3.8) is 0 Å². The molecule has 0 bridgehead atoms. The first-order valence-corrected chi connectivity index (χ1v) is 6.86. The van der Waals surface area contributed by atoms with Gasteiger partial charge in [0.05, 0.1) is 18.5 Å². The Balaban J connectivity index is 1.82. The van der Waals surface area contributed by atoms with E-state index in [1.54, 1.807) is 6.20 Å². The maximum atomic E-state index is 12.1. The van der Waals surface area contributed by atoms with E-state index >= 15 is 0 Å². The Morgan fingerprint density at radius 1 is 1.17 bits per heavy atom. The van der Waals surface area contributed by atoms with E-state index in [2.05, 4.69) is 25.1 Å². The summed E-state index contributed by atoms with van der Waals surface area (Å²) >= 11 is 0. The van der Waals surface area contributed by atoms with Crippen molar-refractivity contribution in [2.75, 3.05) is 11.9 Å². The molecule has 0 spiro atoms. The standard InChI is InChI=1S/C14H12F3N5O2/c15-14(16,17)24-10-3-1-9(2-4-10)20-12-11-7-22(5-6-23)21-13(11)19-8-18-12/h1-4,7-8,23H,5-6H2,(H,18,19,20,21). The molecule has 0 atom stereocenters. The highest BCUT2D eigenvalue weighted by molar-refractivity contribution is 5.87. The van der Waals surface area contributed by atoms with Crippen LogP contribution in [0.3, 0.4) is 0 Å². The lowest BCUT2D eigenvalue weighted by molar-refractivity contribution is -0.274. The SMILES string of the molecule is OCCn1cc2c(Nc3ccc(OC(F)(F)F)cc3)ncnc2n1. The van der Waals surface area contributed by atoms with Gasteiger partial charge in [-0.1, -0.05) is 0 Å². The molecule has 0 fully saturated rings. The zero-order valence-electron chi connectivity index (χ0n) is 12.2. The monoisotopic (exact) mass is 339 g/mol. The highest BCUT2D eigenvalue weighted by atomic mass is 19.4. The Labute approximate surface area is 133 Å². The first-order valence-electron chi connectivity index (χ1n) is 6.86. The summed E-state index contributed by atoms with van der Waals surface area (Å²) in [7, 11) is 0. The molecule has 1 aromatic carbocycles. The van der Waals surface area contributed by atoms with Gasteiger partial charge in [0.15, 0.2) is 5.65 Å². The number of nitrogens with one attached hydrogen (secondary N) is 1. The van der Waals surface area contributed by atoms with Gasteiger partial charge in [0.25, 0.3) is 0 Å². The van der Waals surface area contributed by atoms with Gasteiger partial charge in [-0.05, 0) is 24.3 Å². The molecule has 0 aliphatic rings. The normalized spacial score (nSPS) is 11.7. The number of fused-ring (bicyclic) bond motifs is 1. The van der Waals surface area contributed by atoms with Gasteiger partial charge in [0.1, 0.15) is 17.9 Å². The lowest BCUT2D eigenvalue weighted by Gasteiger charge is -2.10. The number of alkyl halides is 3. The number of aliphatic hydroxyl groups excluding tert-OH is 1. The number of halogens is 3. The number of hydrogen-bond donors (Lipinski definition) is 2. The average Bonchev–Trinajstić information content (AvgIpc) is 2.92. The molecule has 0 saturated carbocycles. The van der Waals surface area contributed by atoms with Crippen molar-refractivity contribution in [2.45, 2.75) is 12.9 Å². The molecule has 126 valence electrons. The number of benzene rings is 1. The maximum Gasteiger partial charge on any atom is 0.573 e. The van der Waals surface area contributed by atoms with Gasteiger partial charge in [0, 0.05) is 11.9 Å². The number of aliphatic hydroxyl groups is 1. The molecule has 7 nitrogen and oxygen atoms in total. The molecular formula is C14H12F3N5O2. The first-order chi connectivity index (χ1) is 11.4. The number of rotatable bonds is 5. The van der Waals surface area contributed by atoms with E-state index in [1.807, 2.05) is 0 Å². The van der Waals surface area contributed by atoms with Crippen LogP contribution in [0.15, 0.2) is 36.8 Å². The third-order valence-corrected chi connectivity index (χ3v) is 3.04. The van der Waals surface area contributed by atoms with Crippen LogP contribution in [0.4, 0.5) is 24.7 Å². The average molecular weight is 339 g/mol. The number of hydrogen-bond acceptors (Lipinski definition) is 6. The molecule has 0 amide bonds. The van der Waals surface area contributed by atoms with Gasteiger partial charge < -0.3 is 15.2 Å². The lowest BCUT2D eigenvalue weighted by atomic mass is 10.3. The summed E-state index contributed by atoms with van der Waals surface area (Å²) in [4.78, 5) is 8.14. The topological polar surface area (TPSA) is 85.1 Å². The number of aromatic nitrogens is 4. The van der Waals surface area contributed by atoms with Crippen LogP contribution in [0.1, 0.15) is 0 Å². The Hall–Kier alpha value is -2.88. The van der Waals surface area contributed by atoms with Gasteiger partial charge in [0.2, 0.25) is 0 Å². The summed E-state index contributed by atoms with van der Waals surface area (Å²) in [6, 6.07) is 5.27. The molecule has 0 saturated heterocycles. The zero-order valence-corrected chi connectivity index (χ0v) is 12.2. The van der Waals surface area contributed by atoms with Crippen molar-refractivity contribution < 1.29 is 23.0 Å². The smallest absolute Gasteiger partial charge is 0.406 e. The van der Waals surface area contributed by atoms with Gasteiger partial charge in [-0.15, -0.1) is 13.2 Å². The Morgan fingerprint density at radius 2 is 1.92 bits per heavy atom. The number of nitrogens with zero attached hydrogens (tertiary/aromatic N) is 4. The van der Waals surface area contributed by atoms with Crippen molar-refractivity contribution >= 4 is 22.5 Å². The Bertz CT molecular complexity index is 833. The van der Waals surface area contributed by atoms with E-state index in [-0.39, 0.29) is 12.4 Å². The van der Waals surface area contributed by atoms with Crippen molar-refractivity contribution in [2.24, 2.45) is 0 Å². The molecule has 3 rings (SSSR count). The predicted octanol–water partition coefficient (Wildman–Crippen LogP) is 2.46. The molecule has 24 heavy (non-hydrogen) atoms. The van der Waals surface area contributed by atoms with Crippen LogP contribution in [0.2, 0.25) is 0 Å². The molecule has 10 heteroatoms. The molecule has 0 unspecified atom stereocenters. The van der Waals surface area contributed by atoms with E-state index in [4.69, 9.17) is 5.11 Å². The fourth-order valence-electron chi connectivity index (χ4n) is 2.08. The highest BCUT2D eigenvalue weighted by Gasteiger charge is 2.30. The quantitative estimate of drug-likeness (QED) is 0.743. The van der Waals surface area contributed by atoms with Crippen molar-refractivity contribution in [3.8, 4) is 5.75 Å². The van der Waals surface area contributed by atoms with E-state index in [0.29, 0.717) is 29.1 Å². The third kappa shape index (κ3) is 3.71. The van der Waals surface area contributed by atoms with Crippen molar-refractivity contribution in [3.05, 3.63) is 36.8 Å². The molecular weight excluding hydrogens is 327 g/mol. The second-order valence-electron chi connectivity index (χ2n) is 4.77. The minimum atomic E-state index is -4.73. The number of ether oxygens (including phenoxy) is 1. The molecule has 0 aliphatic carbocycles. The van der Waals surface area contributed by atoms with E-state index in [1.165, 1.54) is 35.3 Å². The molecule has 2 heterocycles. The molecule has 2 N–H and O–H groups in total. The maximum absolute atomic E-state index is 12.1. The highest BCUT2D eigenvalue weighted by Crippen LogP contribution is 2.26. The summed E-state index contributed by atoms with van der Waals surface area (Å²) in [5.74, 6) is 0.144. The Kier molecular flexibility index (Phi) is 4.21. The van der Waals surface area contributed by atoms with Crippen molar-refractivity contribution in [1.82, 2.24) is 19.7 Å². The van der Waals surface area contributed by atoms with E-state index < -0.39 is 6.36 Å². The fraction of sp³-hybridized carbons (Fsp3) is 0.214. The minimum absolute atomic E-state index is 0.0646. The van der Waals surface area contributed by atoms with Crippen LogP contribution in [0.5, 0.6) is 5.75 Å². The lowest BCUT2D eigenvalue weighted by Crippen LogP contribution is -2.16. The van der Waals surface area contributed by atoms with Crippen LogP contribution in [-0.2, 0) is 6.54 Å². The summed E-state index contributed by atoms with van der Waals surface area (Å²) in [5, 5.41) is 16.7. The molecule has 3 aromatic rings. The number of anilines is 2. The van der Waals surface area contributed by atoms with Crippen LogP contribution >= 0.6 is 0 Å². The van der Waals surface area contributed by atoms with Crippen LogP contribution < -0.4 is 10.1 Å². The summed E-state index contributed by atoms with van der Waals surface area (Å²) < 4.78 is 41.8. The Morgan fingerprint density at radius 3 is 2.58 bits per heavy atom. The second-order valence-corrected chi connectivity index (χ2v) is 4.77. The van der Waals surface area contributed by atoms with E-state index in [9.17, 15) is 13.2 Å². The molecule has 0 aliphatic heterocycles. The van der Waals surface area contributed by atoms with Gasteiger partial charge in [-0.25, -0.2) is 9.97 Å². The summed E-state index contributed by atoms with van der Waals surface area (Å²) in [6.45, 7) is 0.254. The zero-order chi connectivity index (χ0) is 17.2. The molecule has 2 aromatic heterocycles. The minimum Gasteiger partial charge on any atom is -0.406 e. The van der Waals surface area contributed by atoms with Crippen LogP contribution in [0, 0.1) is 0 Å². The van der Waals surface area contributed by atoms with Crippen LogP contribution in [-0.4, -0.2) is 37.8 Å². The summed E-state index contributed by atoms with van der Waals surface area (Å²) in [6.07, 6.45) is -1.73. The molecule has 0 radical (unpaired) electrons. The van der Waals surface area contributed by atoms with Crippen LogP contribution in [0.25, 0.3) is 11.0 Å². The fourth-order valence-corrected chi connectivity index (χ4v) is 2.08. The second kappa shape index (κ2) is 6.32.